The van der Waals surface area contributed by atoms with Crippen LogP contribution in [-0.2, 0) is 0 Å². The minimum absolute atomic E-state index is 0.524. The molecule has 0 aliphatic heterocycles. The van der Waals surface area contributed by atoms with E-state index in [4.69, 9.17) is 16.6 Å². The highest BCUT2D eigenvalue weighted by molar-refractivity contribution is 6.33. The van der Waals surface area contributed by atoms with Gasteiger partial charge in [0.15, 0.2) is 0 Å². The van der Waals surface area contributed by atoms with Crippen molar-refractivity contribution >= 4 is 11.6 Å². The minimum atomic E-state index is 0.524. The zero-order valence-corrected chi connectivity index (χ0v) is 11.6. The first-order chi connectivity index (χ1) is 9.34. The predicted octanol–water partition coefficient (Wildman–Crippen LogP) is 4.84. The fourth-order valence-corrected chi connectivity index (χ4v) is 2.98. The molecule has 0 spiro atoms. The third kappa shape index (κ3) is 2.79. The number of nitrogens with zero attached hydrogens (tertiary/aromatic N) is 2. The summed E-state index contributed by atoms with van der Waals surface area (Å²) in [5.41, 5.74) is 1.92. The third-order valence-corrected chi connectivity index (χ3v) is 4.12. The highest BCUT2D eigenvalue weighted by Gasteiger charge is 2.18. The monoisotopic (exact) mass is 272 g/mol. The summed E-state index contributed by atoms with van der Waals surface area (Å²) in [7, 11) is 0. The van der Waals surface area contributed by atoms with Crippen LogP contribution in [0.4, 0.5) is 0 Å². The fourth-order valence-electron chi connectivity index (χ4n) is 2.75. The van der Waals surface area contributed by atoms with Crippen LogP contribution >= 0.6 is 11.6 Å². The second kappa shape index (κ2) is 5.70. The minimum Gasteiger partial charge on any atom is -0.241 e. The first-order valence-corrected chi connectivity index (χ1v) is 7.30. The van der Waals surface area contributed by atoms with Crippen molar-refractivity contribution < 1.29 is 0 Å². The lowest BCUT2D eigenvalue weighted by Gasteiger charge is -2.20. The second-order valence-electron chi connectivity index (χ2n) is 5.11. The molecule has 1 aliphatic rings. The van der Waals surface area contributed by atoms with E-state index >= 15 is 0 Å². The molecule has 0 amide bonds. The van der Waals surface area contributed by atoms with Gasteiger partial charge in [-0.15, -0.1) is 0 Å². The van der Waals surface area contributed by atoms with Gasteiger partial charge in [-0.25, -0.2) is 9.97 Å². The Bertz CT molecular complexity index is 562. The van der Waals surface area contributed by atoms with Crippen molar-refractivity contribution in [2.75, 3.05) is 0 Å². The van der Waals surface area contributed by atoms with Gasteiger partial charge in [0.05, 0.1) is 5.69 Å². The maximum atomic E-state index is 6.24. The molecule has 0 saturated heterocycles. The van der Waals surface area contributed by atoms with Crippen LogP contribution in [0.2, 0.25) is 5.02 Å². The summed E-state index contributed by atoms with van der Waals surface area (Å²) >= 11 is 6.24. The third-order valence-electron chi connectivity index (χ3n) is 3.79. The van der Waals surface area contributed by atoms with Gasteiger partial charge in [0.1, 0.15) is 5.82 Å². The van der Waals surface area contributed by atoms with Gasteiger partial charge in [0.2, 0.25) is 0 Å². The van der Waals surface area contributed by atoms with E-state index < -0.39 is 0 Å². The Labute approximate surface area is 118 Å². The average Bonchev–Trinajstić information content (AvgIpc) is 2.49. The Morgan fingerprint density at radius 3 is 2.58 bits per heavy atom. The molecule has 0 atom stereocenters. The number of halogens is 1. The SMILES string of the molecule is Clc1ccccc1-c1ccnc(C2CCCCC2)n1. The summed E-state index contributed by atoms with van der Waals surface area (Å²) in [6.45, 7) is 0. The van der Waals surface area contributed by atoms with Gasteiger partial charge in [-0.1, -0.05) is 49.1 Å². The summed E-state index contributed by atoms with van der Waals surface area (Å²) in [4.78, 5) is 9.20. The van der Waals surface area contributed by atoms with Gasteiger partial charge in [0.25, 0.3) is 0 Å². The van der Waals surface area contributed by atoms with E-state index in [2.05, 4.69) is 4.98 Å². The van der Waals surface area contributed by atoms with Crippen molar-refractivity contribution in [3.63, 3.8) is 0 Å². The molecule has 3 rings (SSSR count). The molecule has 0 radical (unpaired) electrons. The molecule has 3 heteroatoms. The average molecular weight is 273 g/mol. The topological polar surface area (TPSA) is 25.8 Å². The highest BCUT2D eigenvalue weighted by atomic mass is 35.5. The first kappa shape index (κ1) is 12.6. The van der Waals surface area contributed by atoms with Crippen molar-refractivity contribution in [2.24, 2.45) is 0 Å². The van der Waals surface area contributed by atoms with Crippen LogP contribution in [0.25, 0.3) is 11.3 Å². The van der Waals surface area contributed by atoms with E-state index in [-0.39, 0.29) is 0 Å². The molecule has 0 unspecified atom stereocenters. The van der Waals surface area contributed by atoms with E-state index in [0.29, 0.717) is 5.92 Å². The second-order valence-corrected chi connectivity index (χ2v) is 5.52. The molecule has 1 fully saturated rings. The molecule has 19 heavy (non-hydrogen) atoms. The Hall–Kier alpha value is -1.41. The van der Waals surface area contributed by atoms with Gasteiger partial charge in [-0.2, -0.15) is 0 Å². The van der Waals surface area contributed by atoms with E-state index in [9.17, 15) is 0 Å². The van der Waals surface area contributed by atoms with Crippen LogP contribution < -0.4 is 0 Å². The van der Waals surface area contributed by atoms with E-state index in [1.807, 2.05) is 36.5 Å². The molecule has 2 aromatic rings. The molecule has 98 valence electrons. The van der Waals surface area contributed by atoms with Crippen molar-refractivity contribution in [3.8, 4) is 11.3 Å². The predicted molar refractivity (Wildman–Crippen MR) is 78.3 cm³/mol. The van der Waals surface area contributed by atoms with Crippen molar-refractivity contribution in [3.05, 3.63) is 47.4 Å². The summed E-state index contributed by atoms with van der Waals surface area (Å²) in [6.07, 6.45) is 8.23. The van der Waals surface area contributed by atoms with E-state index in [1.54, 1.807) is 0 Å². The molecule has 1 saturated carbocycles. The fraction of sp³-hybridized carbons (Fsp3) is 0.375. The van der Waals surface area contributed by atoms with Crippen LogP contribution in [0, 0.1) is 0 Å². The van der Waals surface area contributed by atoms with Crippen LogP contribution in [0.3, 0.4) is 0 Å². The van der Waals surface area contributed by atoms with Crippen LogP contribution in [0.1, 0.15) is 43.8 Å². The van der Waals surface area contributed by atoms with Crippen LogP contribution in [0.15, 0.2) is 36.5 Å². The van der Waals surface area contributed by atoms with Crippen molar-refractivity contribution in [1.82, 2.24) is 9.97 Å². The van der Waals surface area contributed by atoms with E-state index in [0.717, 1.165) is 22.1 Å². The molecule has 1 aromatic carbocycles. The van der Waals surface area contributed by atoms with Crippen LogP contribution in [0.5, 0.6) is 0 Å². The number of benzene rings is 1. The van der Waals surface area contributed by atoms with Crippen molar-refractivity contribution in [1.29, 1.82) is 0 Å². The first-order valence-electron chi connectivity index (χ1n) is 6.92. The van der Waals surface area contributed by atoms with Gasteiger partial charge >= 0.3 is 0 Å². The summed E-state index contributed by atoms with van der Waals surface area (Å²) in [5, 5.41) is 0.746. The van der Waals surface area contributed by atoms with Gasteiger partial charge in [-0.3, -0.25) is 0 Å². The van der Waals surface area contributed by atoms with Gasteiger partial charge < -0.3 is 0 Å². The molecule has 0 bridgehead atoms. The molecule has 1 aromatic heterocycles. The molecular formula is C16H17ClN2. The zero-order chi connectivity index (χ0) is 13.1. The number of rotatable bonds is 2. The molecule has 2 nitrogen and oxygen atoms in total. The largest absolute Gasteiger partial charge is 0.241 e. The quantitative estimate of drug-likeness (QED) is 0.781. The molecule has 0 N–H and O–H groups in total. The Morgan fingerprint density at radius 1 is 1.00 bits per heavy atom. The van der Waals surface area contributed by atoms with Gasteiger partial charge in [-0.05, 0) is 25.0 Å². The highest BCUT2D eigenvalue weighted by Crippen LogP contribution is 2.32. The summed E-state index contributed by atoms with van der Waals surface area (Å²) in [6, 6.07) is 9.78. The molecule has 1 aliphatic carbocycles. The lowest BCUT2D eigenvalue weighted by atomic mass is 9.88. The summed E-state index contributed by atoms with van der Waals surface area (Å²) in [5.74, 6) is 1.51. The van der Waals surface area contributed by atoms with Crippen LogP contribution in [-0.4, -0.2) is 9.97 Å². The smallest absolute Gasteiger partial charge is 0.132 e. The van der Waals surface area contributed by atoms with Crippen molar-refractivity contribution in [2.45, 2.75) is 38.0 Å². The summed E-state index contributed by atoms with van der Waals surface area (Å²) < 4.78 is 0. The number of aromatic nitrogens is 2. The lowest BCUT2D eigenvalue weighted by molar-refractivity contribution is 0.429. The Morgan fingerprint density at radius 2 is 1.79 bits per heavy atom. The van der Waals surface area contributed by atoms with Gasteiger partial charge in [0, 0.05) is 22.7 Å². The Kier molecular flexibility index (Phi) is 3.79. The maximum Gasteiger partial charge on any atom is 0.132 e. The van der Waals surface area contributed by atoms with E-state index in [1.165, 1.54) is 32.1 Å². The maximum absolute atomic E-state index is 6.24. The lowest BCUT2D eigenvalue weighted by Crippen LogP contribution is -2.08. The zero-order valence-electron chi connectivity index (χ0n) is 10.8. The molecule has 1 heterocycles. The Balaban J connectivity index is 1.93. The number of hydrogen-bond acceptors (Lipinski definition) is 2. The normalized spacial score (nSPS) is 16.5. The molecular weight excluding hydrogens is 256 g/mol. The standard InChI is InChI=1S/C16H17ClN2/c17-14-9-5-4-8-13(14)15-10-11-18-16(19-15)12-6-2-1-3-7-12/h4-5,8-12H,1-3,6-7H2. The number of hydrogen-bond donors (Lipinski definition) is 0.